The molecule has 2 aromatic carbocycles. The van der Waals surface area contributed by atoms with Crippen molar-refractivity contribution in [2.24, 2.45) is 0 Å². The molecule has 0 aliphatic carbocycles. The first kappa shape index (κ1) is 19.6. The highest BCUT2D eigenvalue weighted by Crippen LogP contribution is 2.15. The molecule has 31 heavy (non-hydrogen) atoms. The molecular weight excluding hydrogens is 392 g/mol. The second kappa shape index (κ2) is 8.05. The Morgan fingerprint density at radius 2 is 1.39 bits per heavy atom. The maximum atomic E-state index is 12.3. The molecule has 2 N–H and O–H groups in total. The molecule has 158 valence electrons. The van der Waals surface area contributed by atoms with Crippen molar-refractivity contribution < 1.29 is 0 Å². The Hall–Kier alpha value is -3.36. The summed E-state index contributed by atoms with van der Waals surface area (Å²) in [5.41, 5.74) is 1.25. The summed E-state index contributed by atoms with van der Waals surface area (Å²) >= 11 is 0. The molecule has 2 aromatic heterocycles. The first-order chi connectivity index (χ1) is 15.1. The highest BCUT2D eigenvalue weighted by molar-refractivity contribution is 5.77. The number of hydrogen-bond donors (Lipinski definition) is 2. The van der Waals surface area contributed by atoms with Crippen molar-refractivity contribution >= 4 is 21.8 Å². The molecule has 0 radical (unpaired) electrons. The SMILES string of the molecule is CC1CN(Cc2nc3ccccc3c(=O)[nH]2)CCN1Cc1nc2ccccc2c(=O)[nH]1. The van der Waals surface area contributed by atoms with Crippen LogP contribution in [0.3, 0.4) is 0 Å². The van der Waals surface area contributed by atoms with Crippen molar-refractivity contribution in [1.29, 1.82) is 0 Å². The number of nitrogens with zero attached hydrogens (tertiary/aromatic N) is 4. The van der Waals surface area contributed by atoms with E-state index in [-0.39, 0.29) is 17.2 Å². The van der Waals surface area contributed by atoms with E-state index in [1.165, 1.54) is 0 Å². The van der Waals surface area contributed by atoms with Crippen LogP contribution in [0.2, 0.25) is 0 Å². The summed E-state index contributed by atoms with van der Waals surface area (Å²) in [6.45, 7) is 5.90. The third kappa shape index (κ3) is 3.99. The first-order valence-electron chi connectivity index (χ1n) is 10.5. The fourth-order valence-electron chi connectivity index (χ4n) is 4.27. The van der Waals surface area contributed by atoms with Gasteiger partial charge in [0.05, 0.1) is 34.9 Å². The standard InChI is InChI=1S/C23H24N6O2/c1-15-12-28(13-20-24-18-8-4-2-6-16(18)22(30)26-20)10-11-29(15)14-21-25-19-9-5-3-7-17(19)23(31)27-21/h2-9,15H,10-14H2,1H3,(H,24,26,30)(H,25,27,31). The summed E-state index contributed by atoms with van der Waals surface area (Å²) in [4.78, 5) is 44.4. The Bertz CT molecular complexity index is 1360. The molecule has 0 amide bonds. The van der Waals surface area contributed by atoms with Gasteiger partial charge >= 0.3 is 0 Å². The van der Waals surface area contributed by atoms with Crippen LogP contribution in [0.4, 0.5) is 0 Å². The van der Waals surface area contributed by atoms with Crippen molar-refractivity contribution in [2.45, 2.75) is 26.1 Å². The molecule has 8 heteroatoms. The van der Waals surface area contributed by atoms with Crippen LogP contribution in [0.15, 0.2) is 58.1 Å². The number of aromatic amines is 2. The minimum atomic E-state index is -0.0989. The molecule has 1 unspecified atom stereocenters. The lowest BCUT2D eigenvalue weighted by Crippen LogP contribution is -2.51. The van der Waals surface area contributed by atoms with Crippen LogP contribution in [-0.2, 0) is 13.1 Å². The Morgan fingerprint density at radius 3 is 1.97 bits per heavy atom. The highest BCUT2D eigenvalue weighted by atomic mass is 16.1. The van der Waals surface area contributed by atoms with Gasteiger partial charge in [-0.25, -0.2) is 9.97 Å². The summed E-state index contributed by atoms with van der Waals surface area (Å²) in [6.07, 6.45) is 0. The van der Waals surface area contributed by atoms with E-state index in [0.717, 1.165) is 30.7 Å². The van der Waals surface area contributed by atoms with Gasteiger partial charge in [-0.15, -0.1) is 0 Å². The van der Waals surface area contributed by atoms with Crippen molar-refractivity contribution in [1.82, 2.24) is 29.7 Å². The zero-order valence-corrected chi connectivity index (χ0v) is 17.3. The van der Waals surface area contributed by atoms with Crippen LogP contribution in [0, 0.1) is 0 Å². The number of para-hydroxylation sites is 2. The predicted molar refractivity (Wildman–Crippen MR) is 120 cm³/mol. The smallest absolute Gasteiger partial charge is 0.258 e. The van der Waals surface area contributed by atoms with E-state index >= 15 is 0 Å². The summed E-state index contributed by atoms with van der Waals surface area (Å²) in [6, 6.07) is 15.1. The number of piperazine rings is 1. The van der Waals surface area contributed by atoms with E-state index in [4.69, 9.17) is 0 Å². The van der Waals surface area contributed by atoms with Gasteiger partial charge in [0.1, 0.15) is 11.6 Å². The Kier molecular flexibility index (Phi) is 5.09. The monoisotopic (exact) mass is 416 g/mol. The van der Waals surface area contributed by atoms with Crippen molar-refractivity contribution in [2.75, 3.05) is 19.6 Å². The van der Waals surface area contributed by atoms with Gasteiger partial charge in [0.15, 0.2) is 0 Å². The lowest BCUT2D eigenvalue weighted by atomic mass is 10.2. The molecule has 4 aromatic rings. The molecule has 1 aliphatic heterocycles. The summed E-state index contributed by atoms with van der Waals surface area (Å²) in [5.74, 6) is 1.37. The van der Waals surface area contributed by atoms with E-state index in [0.29, 0.717) is 35.5 Å². The maximum absolute atomic E-state index is 12.3. The number of rotatable bonds is 4. The lowest BCUT2D eigenvalue weighted by Gasteiger charge is -2.39. The van der Waals surface area contributed by atoms with Gasteiger partial charge < -0.3 is 9.97 Å². The molecular formula is C23H24N6O2. The third-order valence-electron chi connectivity index (χ3n) is 5.90. The summed E-state index contributed by atoms with van der Waals surface area (Å²) in [7, 11) is 0. The molecule has 1 atom stereocenters. The number of hydrogen-bond acceptors (Lipinski definition) is 6. The van der Waals surface area contributed by atoms with Gasteiger partial charge in [-0.05, 0) is 31.2 Å². The predicted octanol–water partition coefficient (Wildman–Crippen LogP) is 1.87. The number of aromatic nitrogens is 4. The van der Waals surface area contributed by atoms with Gasteiger partial charge in [0, 0.05) is 25.7 Å². The van der Waals surface area contributed by atoms with E-state index in [1.807, 2.05) is 36.4 Å². The molecule has 0 bridgehead atoms. The van der Waals surface area contributed by atoms with Gasteiger partial charge in [0.2, 0.25) is 0 Å². The topological polar surface area (TPSA) is 98.0 Å². The minimum absolute atomic E-state index is 0.0985. The quantitative estimate of drug-likeness (QED) is 0.527. The largest absolute Gasteiger partial charge is 0.309 e. The van der Waals surface area contributed by atoms with E-state index in [9.17, 15) is 9.59 Å². The van der Waals surface area contributed by atoms with E-state index < -0.39 is 0 Å². The van der Waals surface area contributed by atoms with Crippen LogP contribution >= 0.6 is 0 Å². The number of benzene rings is 2. The lowest BCUT2D eigenvalue weighted by molar-refractivity contribution is 0.0699. The first-order valence-corrected chi connectivity index (χ1v) is 10.5. The van der Waals surface area contributed by atoms with Crippen LogP contribution in [0.5, 0.6) is 0 Å². The molecule has 1 aliphatic rings. The summed E-state index contributed by atoms with van der Waals surface area (Å²) < 4.78 is 0. The van der Waals surface area contributed by atoms with E-state index in [2.05, 4.69) is 36.7 Å². The Morgan fingerprint density at radius 1 is 0.839 bits per heavy atom. The molecule has 3 heterocycles. The highest BCUT2D eigenvalue weighted by Gasteiger charge is 2.25. The Balaban J connectivity index is 1.28. The van der Waals surface area contributed by atoms with Crippen LogP contribution in [0.1, 0.15) is 18.6 Å². The fraction of sp³-hybridized carbons (Fsp3) is 0.304. The summed E-state index contributed by atoms with van der Waals surface area (Å²) in [5, 5.41) is 1.22. The molecule has 0 spiro atoms. The van der Waals surface area contributed by atoms with Gasteiger partial charge in [-0.1, -0.05) is 24.3 Å². The molecule has 8 nitrogen and oxygen atoms in total. The van der Waals surface area contributed by atoms with Crippen molar-refractivity contribution in [3.63, 3.8) is 0 Å². The van der Waals surface area contributed by atoms with Gasteiger partial charge in [-0.2, -0.15) is 0 Å². The molecule has 1 saturated heterocycles. The molecule has 1 fully saturated rings. The van der Waals surface area contributed by atoms with Crippen LogP contribution < -0.4 is 11.1 Å². The van der Waals surface area contributed by atoms with Crippen molar-refractivity contribution in [3.8, 4) is 0 Å². The normalized spacial score (nSPS) is 18.0. The number of nitrogens with one attached hydrogen (secondary N) is 2. The Labute approximate surface area is 178 Å². The van der Waals surface area contributed by atoms with E-state index in [1.54, 1.807) is 12.1 Å². The molecule has 5 rings (SSSR count). The zero-order valence-electron chi connectivity index (χ0n) is 17.3. The minimum Gasteiger partial charge on any atom is -0.309 e. The number of H-pyrrole nitrogens is 2. The van der Waals surface area contributed by atoms with Crippen molar-refractivity contribution in [3.05, 3.63) is 80.9 Å². The molecule has 0 saturated carbocycles. The zero-order chi connectivity index (χ0) is 21.4. The maximum Gasteiger partial charge on any atom is 0.258 e. The average Bonchev–Trinajstić information content (AvgIpc) is 2.76. The second-order valence-electron chi connectivity index (χ2n) is 8.11. The van der Waals surface area contributed by atoms with Gasteiger partial charge in [0.25, 0.3) is 11.1 Å². The average molecular weight is 416 g/mol. The second-order valence-corrected chi connectivity index (χ2v) is 8.11. The van der Waals surface area contributed by atoms with Gasteiger partial charge in [-0.3, -0.25) is 19.4 Å². The number of fused-ring (bicyclic) bond motifs is 2. The fourth-order valence-corrected chi connectivity index (χ4v) is 4.27. The van der Waals surface area contributed by atoms with Crippen LogP contribution in [-0.4, -0.2) is 55.4 Å². The third-order valence-corrected chi connectivity index (χ3v) is 5.90. The van der Waals surface area contributed by atoms with Crippen LogP contribution in [0.25, 0.3) is 21.8 Å².